The van der Waals surface area contributed by atoms with E-state index in [0.717, 1.165) is 12.2 Å². The monoisotopic (exact) mass is 426 g/mol. The summed E-state index contributed by atoms with van der Waals surface area (Å²) in [4.78, 5) is 11.7. The minimum absolute atomic E-state index is 0.0149. The second-order valence-corrected chi connectivity index (χ2v) is 14.0. The molecule has 0 aliphatic rings. The van der Waals surface area contributed by atoms with Crippen LogP contribution in [0.3, 0.4) is 0 Å². The van der Waals surface area contributed by atoms with Crippen molar-refractivity contribution < 1.29 is 9.22 Å². The Morgan fingerprint density at radius 3 is 2.00 bits per heavy atom. The molecule has 0 saturated carbocycles. The smallest absolute Gasteiger partial charge is 0.261 e. The second-order valence-electron chi connectivity index (χ2n) is 8.47. The molecule has 0 fully saturated rings. The van der Waals surface area contributed by atoms with Gasteiger partial charge in [0.15, 0.2) is 0 Å². The van der Waals surface area contributed by atoms with Gasteiger partial charge in [0, 0.05) is 6.61 Å². The third-order valence-electron chi connectivity index (χ3n) is 5.08. The zero-order valence-electron chi connectivity index (χ0n) is 18.4. The summed E-state index contributed by atoms with van der Waals surface area (Å²) in [5.74, 6) is 1.16. The maximum atomic E-state index is 11.7. The summed E-state index contributed by atoms with van der Waals surface area (Å²) >= 11 is 1.35. The van der Waals surface area contributed by atoms with Crippen LogP contribution in [0.2, 0.25) is 5.04 Å². The summed E-state index contributed by atoms with van der Waals surface area (Å²) in [6, 6.07) is 21.4. The van der Waals surface area contributed by atoms with Crippen LogP contribution in [-0.2, 0) is 9.22 Å². The van der Waals surface area contributed by atoms with E-state index in [4.69, 9.17) is 4.43 Å². The van der Waals surface area contributed by atoms with Crippen molar-refractivity contribution in [3.8, 4) is 0 Å². The van der Waals surface area contributed by atoms with Gasteiger partial charge in [-0.3, -0.25) is 4.79 Å². The van der Waals surface area contributed by atoms with Gasteiger partial charge < -0.3 is 4.43 Å². The number of benzene rings is 2. The normalized spacial score (nSPS) is 13.6. The predicted molar refractivity (Wildman–Crippen MR) is 130 cm³/mol. The number of carbonyl (C=O) groups excluding carboxylic acids is 1. The Hall–Kier alpha value is -1.62. The molecule has 0 amide bonds. The Morgan fingerprint density at radius 1 is 1.03 bits per heavy atom. The highest BCUT2D eigenvalue weighted by Crippen LogP contribution is 2.37. The van der Waals surface area contributed by atoms with Gasteiger partial charge in [0.2, 0.25) is 5.12 Å². The standard InChI is InChI=1S/C25H34O2SSi/c1-6-28-24(26)19-13-14-21(2)20-27-29(25(3,4)5,22-15-9-7-10-16-22)23-17-11-8-12-18-23/h7-13,15-19,21H,6,14,20H2,1-5H3/b19-13+/t21-/m1/s1. The number of carbonyl (C=O) groups is 1. The number of hydrogen-bond donors (Lipinski definition) is 0. The van der Waals surface area contributed by atoms with Gasteiger partial charge >= 0.3 is 0 Å². The van der Waals surface area contributed by atoms with Crippen molar-refractivity contribution in [3.05, 3.63) is 72.8 Å². The lowest BCUT2D eigenvalue weighted by Crippen LogP contribution is -2.66. The van der Waals surface area contributed by atoms with E-state index in [2.05, 4.69) is 88.4 Å². The largest absolute Gasteiger partial charge is 0.407 e. The average Bonchev–Trinajstić information content (AvgIpc) is 2.69. The molecule has 0 radical (unpaired) electrons. The molecule has 0 saturated heterocycles. The molecule has 4 heteroatoms. The van der Waals surface area contributed by atoms with Gasteiger partial charge in [-0.25, -0.2) is 0 Å². The molecular formula is C25H34O2SSi. The Bertz CT molecular complexity index is 742. The fraction of sp³-hybridized carbons (Fsp3) is 0.400. The second kappa shape index (κ2) is 11.0. The Morgan fingerprint density at radius 2 is 1.55 bits per heavy atom. The quantitative estimate of drug-likeness (QED) is 0.395. The predicted octanol–water partition coefficient (Wildman–Crippen LogP) is 5.43. The minimum Gasteiger partial charge on any atom is -0.407 e. The molecule has 0 bridgehead atoms. The molecule has 156 valence electrons. The van der Waals surface area contributed by atoms with Gasteiger partial charge in [0.1, 0.15) is 0 Å². The highest BCUT2D eigenvalue weighted by molar-refractivity contribution is 8.14. The maximum Gasteiger partial charge on any atom is 0.261 e. The van der Waals surface area contributed by atoms with E-state index < -0.39 is 8.32 Å². The van der Waals surface area contributed by atoms with Crippen molar-refractivity contribution >= 4 is 35.6 Å². The van der Waals surface area contributed by atoms with E-state index in [1.54, 1.807) is 6.08 Å². The van der Waals surface area contributed by atoms with E-state index in [-0.39, 0.29) is 10.2 Å². The summed E-state index contributed by atoms with van der Waals surface area (Å²) in [5.41, 5.74) is 0. The summed E-state index contributed by atoms with van der Waals surface area (Å²) in [7, 11) is -2.48. The first-order valence-electron chi connectivity index (χ1n) is 10.4. The van der Waals surface area contributed by atoms with Crippen molar-refractivity contribution in [2.24, 2.45) is 5.92 Å². The van der Waals surface area contributed by atoms with Crippen molar-refractivity contribution in [3.63, 3.8) is 0 Å². The number of thioether (sulfide) groups is 1. The lowest BCUT2D eigenvalue weighted by atomic mass is 10.1. The third-order valence-corrected chi connectivity index (χ3v) is 10.8. The molecule has 2 aromatic carbocycles. The molecule has 2 rings (SSSR count). The van der Waals surface area contributed by atoms with Crippen LogP contribution in [0.4, 0.5) is 0 Å². The molecule has 2 nitrogen and oxygen atoms in total. The van der Waals surface area contributed by atoms with Crippen LogP contribution in [0.5, 0.6) is 0 Å². The molecule has 0 aromatic heterocycles. The van der Waals surface area contributed by atoms with Crippen molar-refractivity contribution in [2.45, 2.75) is 46.1 Å². The van der Waals surface area contributed by atoms with E-state index in [0.29, 0.717) is 12.5 Å². The van der Waals surface area contributed by atoms with Gasteiger partial charge in [-0.15, -0.1) is 0 Å². The zero-order valence-corrected chi connectivity index (χ0v) is 20.2. The molecule has 0 spiro atoms. The first-order valence-corrected chi connectivity index (χ1v) is 13.3. The summed E-state index contributed by atoms with van der Waals surface area (Å²) in [6.07, 6.45) is 4.53. The molecule has 29 heavy (non-hydrogen) atoms. The van der Waals surface area contributed by atoms with Crippen LogP contribution in [0.25, 0.3) is 0 Å². The van der Waals surface area contributed by atoms with Gasteiger partial charge in [-0.1, -0.05) is 113 Å². The van der Waals surface area contributed by atoms with Gasteiger partial charge in [-0.2, -0.15) is 0 Å². The molecule has 0 aliphatic heterocycles. The van der Waals surface area contributed by atoms with E-state index in [1.807, 2.05) is 13.0 Å². The number of rotatable bonds is 9. The van der Waals surface area contributed by atoms with Crippen LogP contribution >= 0.6 is 11.8 Å². The molecular weight excluding hydrogens is 392 g/mol. The van der Waals surface area contributed by atoms with Crippen LogP contribution in [-0.4, -0.2) is 25.8 Å². The van der Waals surface area contributed by atoms with Gasteiger partial charge in [-0.05, 0) is 39.6 Å². The molecule has 2 aromatic rings. The Balaban J connectivity index is 2.28. The highest BCUT2D eigenvalue weighted by Gasteiger charge is 2.50. The van der Waals surface area contributed by atoms with Crippen molar-refractivity contribution in [1.29, 1.82) is 0 Å². The number of allylic oxidation sites excluding steroid dienone is 1. The molecule has 0 N–H and O–H groups in total. The molecule has 0 unspecified atom stereocenters. The lowest BCUT2D eigenvalue weighted by Gasteiger charge is -2.43. The fourth-order valence-corrected chi connectivity index (χ4v) is 8.85. The van der Waals surface area contributed by atoms with Crippen molar-refractivity contribution in [2.75, 3.05) is 12.4 Å². The van der Waals surface area contributed by atoms with Gasteiger partial charge in [0.25, 0.3) is 8.32 Å². The highest BCUT2D eigenvalue weighted by atomic mass is 32.2. The summed E-state index contributed by atoms with van der Waals surface area (Å²) < 4.78 is 6.95. The number of hydrogen-bond acceptors (Lipinski definition) is 3. The molecule has 0 aliphatic carbocycles. The average molecular weight is 427 g/mol. The molecule has 1 atom stereocenters. The Labute approximate surface area is 181 Å². The van der Waals surface area contributed by atoms with Gasteiger partial charge in [0.05, 0.1) is 0 Å². The molecule has 0 heterocycles. The van der Waals surface area contributed by atoms with E-state index >= 15 is 0 Å². The third kappa shape index (κ3) is 6.18. The lowest BCUT2D eigenvalue weighted by molar-refractivity contribution is -0.107. The topological polar surface area (TPSA) is 26.3 Å². The summed E-state index contributed by atoms with van der Waals surface area (Å²) in [5, 5.41) is 2.72. The maximum absolute atomic E-state index is 11.7. The fourth-order valence-electron chi connectivity index (χ4n) is 3.68. The van der Waals surface area contributed by atoms with Crippen LogP contribution in [0, 0.1) is 5.92 Å². The Kier molecular flexibility index (Phi) is 8.94. The summed E-state index contributed by atoms with van der Waals surface area (Å²) in [6.45, 7) is 11.8. The van der Waals surface area contributed by atoms with E-state index in [1.165, 1.54) is 22.1 Å². The SMILES string of the molecule is CCSC(=O)/C=C/C[C@@H](C)CO[Si](c1ccccc1)(c1ccccc1)C(C)(C)C. The first kappa shape index (κ1) is 23.7. The first-order chi connectivity index (χ1) is 13.8. The minimum atomic E-state index is -2.48. The van der Waals surface area contributed by atoms with Crippen LogP contribution in [0.15, 0.2) is 72.8 Å². The van der Waals surface area contributed by atoms with E-state index in [9.17, 15) is 4.79 Å². The zero-order chi connectivity index (χ0) is 21.3. The van der Waals surface area contributed by atoms with Crippen LogP contribution < -0.4 is 10.4 Å². The van der Waals surface area contributed by atoms with Crippen molar-refractivity contribution in [1.82, 2.24) is 0 Å². The van der Waals surface area contributed by atoms with Crippen LogP contribution in [0.1, 0.15) is 41.0 Å².